The molecule has 100 valence electrons. The molecule has 0 aromatic heterocycles. The van der Waals surface area contributed by atoms with Crippen molar-refractivity contribution in [2.24, 2.45) is 0 Å². The van der Waals surface area contributed by atoms with E-state index in [0.717, 1.165) is 38.4 Å². The van der Waals surface area contributed by atoms with Crippen LogP contribution in [0, 0.1) is 0 Å². The number of aldehydes is 1. The van der Waals surface area contributed by atoms with Gasteiger partial charge in [-0.3, -0.25) is 0 Å². The zero-order valence-corrected chi connectivity index (χ0v) is 11.0. The molecule has 4 heteroatoms. The number of carbonyl (C=O) groups is 1. The fourth-order valence-corrected chi connectivity index (χ4v) is 2.16. The number of ether oxygens (including phenoxy) is 2. The first-order valence-electron chi connectivity index (χ1n) is 6.43. The van der Waals surface area contributed by atoms with Crippen molar-refractivity contribution in [3.8, 4) is 0 Å². The number of unbranched alkanes of at least 4 members (excludes halogenated alkanes) is 2. The molecule has 1 heterocycles. The van der Waals surface area contributed by atoms with Crippen LogP contribution in [0.1, 0.15) is 52.9 Å². The lowest BCUT2D eigenvalue weighted by Gasteiger charge is -2.16. The Labute approximate surface area is 103 Å². The van der Waals surface area contributed by atoms with Crippen molar-refractivity contribution in [2.75, 3.05) is 0 Å². The summed E-state index contributed by atoms with van der Waals surface area (Å²) >= 11 is 0. The first-order chi connectivity index (χ1) is 7.94. The second kappa shape index (κ2) is 6.47. The molecule has 3 atom stereocenters. The lowest BCUT2D eigenvalue weighted by molar-refractivity contribution is -0.150. The number of rotatable bonds is 7. The molecule has 4 nitrogen and oxygen atoms in total. The maximum absolute atomic E-state index is 10.8. The number of carbonyl (C=O) groups excluding carboxylic acids is 1. The molecular formula is C13H24O4. The molecule has 0 aromatic carbocycles. The minimum Gasteiger partial charge on any atom is -0.393 e. The van der Waals surface area contributed by atoms with Crippen molar-refractivity contribution in [1.29, 1.82) is 0 Å². The summed E-state index contributed by atoms with van der Waals surface area (Å²) < 4.78 is 11.2. The van der Waals surface area contributed by atoms with Gasteiger partial charge in [0, 0.05) is 0 Å². The van der Waals surface area contributed by atoms with E-state index in [1.54, 1.807) is 6.92 Å². The van der Waals surface area contributed by atoms with Crippen molar-refractivity contribution in [2.45, 2.75) is 77.0 Å². The molecule has 0 aliphatic carbocycles. The Balaban J connectivity index is 2.20. The van der Waals surface area contributed by atoms with Gasteiger partial charge in [0.25, 0.3) is 0 Å². The van der Waals surface area contributed by atoms with Gasteiger partial charge in [0.2, 0.25) is 0 Å². The Morgan fingerprint density at radius 1 is 1.29 bits per heavy atom. The highest BCUT2D eigenvalue weighted by molar-refractivity contribution is 5.57. The van der Waals surface area contributed by atoms with Gasteiger partial charge in [-0.25, -0.2) is 0 Å². The molecular weight excluding hydrogens is 220 g/mol. The highest BCUT2D eigenvalue weighted by Gasteiger charge is 2.40. The lowest BCUT2D eigenvalue weighted by Crippen LogP contribution is -2.23. The second-order valence-electron chi connectivity index (χ2n) is 5.26. The fraction of sp³-hybridized carbons (Fsp3) is 0.923. The Morgan fingerprint density at radius 3 is 2.59 bits per heavy atom. The van der Waals surface area contributed by atoms with Gasteiger partial charge in [-0.15, -0.1) is 0 Å². The van der Waals surface area contributed by atoms with Crippen LogP contribution in [0.15, 0.2) is 0 Å². The van der Waals surface area contributed by atoms with Crippen LogP contribution in [-0.4, -0.2) is 35.5 Å². The largest absolute Gasteiger partial charge is 0.393 e. The quantitative estimate of drug-likeness (QED) is 0.550. The van der Waals surface area contributed by atoms with E-state index >= 15 is 0 Å². The monoisotopic (exact) mass is 244 g/mol. The molecule has 0 saturated carbocycles. The van der Waals surface area contributed by atoms with Crippen molar-refractivity contribution >= 4 is 6.29 Å². The third kappa shape index (κ3) is 5.15. The van der Waals surface area contributed by atoms with E-state index < -0.39 is 11.9 Å². The number of aliphatic hydroxyl groups excluding tert-OH is 1. The van der Waals surface area contributed by atoms with Crippen LogP contribution < -0.4 is 0 Å². The summed E-state index contributed by atoms with van der Waals surface area (Å²) in [5.74, 6) is -0.643. The molecule has 0 aromatic rings. The molecule has 0 radical (unpaired) electrons. The van der Waals surface area contributed by atoms with Crippen molar-refractivity contribution in [3.63, 3.8) is 0 Å². The first kappa shape index (κ1) is 14.6. The van der Waals surface area contributed by atoms with Crippen LogP contribution in [0.25, 0.3) is 0 Å². The van der Waals surface area contributed by atoms with Crippen LogP contribution in [0.4, 0.5) is 0 Å². The molecule has 1 aliphatic heterocycles. The molecule has 0 amide bonds. The summed E-state index contributed by atoms with van der Waals surface area (Å²) in [7, 11) is 0. The minimum atomic E-state index is -0.643. The van der Waals surface area contributed by atoms with Gasteiger partial charge in [0.05, 0.1) is 12.2 Å². The average Bonchev–Trinajstić information content (AvgIpc) is 2.52. The van der Waals surface area contributed by atoms with Crippen molar-refractivity contribution in [1.82, 2.24) is 0 Å². The molecule has 0 spiro atoms. The highest BCUT2D eigenvalue weighted by atomic mass is 16.8. The lowest BCUT2D eigenvalue weighted by atomic mass is 10.0. The van der Waals surface area contributed by atoms with E-state index in [2.05, 4.69) is 0 Å². The summed E-state index contributed by atoms with van der Waals surface area (Å²) in [5, 5.41) is 9.12. The molecule has 17 heavy (non-hydrogen) atoms. The summed E-state index contributed by atoms with van der Waals surface area (Å²) in [5.41, 5.74) is 0. The molecule has 0 bridgehead atoms. The van der Waals surface area contributed by atoms with Crippen LogP contribution in [0.3, 0.4) is 0 Å². The van der Waals surface area contributed by atoms with E-state index in [0.29, 0.717) is 0 Å². The van der Waals surface area contributed by atoms with Gasteiger partial charge in [-0.2, -0.15) is 0 Å². The van der Waals surface area contributed by atoms with E-state index in [4.69, 9.17) is 14.6 Å². The maximum Gasteiger partial charge on any atom is 0.164 e. The molecule has 0 unspecified atom stereocenters. The van der Waals surface area contributed by atoms with Gasteiger partial charge >= 0.3 is 0 Å². The first-order valence-corrected chi connectivity index (χ1v) is 6.43. The van der Waals surface area contributed by atoms with E-state index in [1.807, 2.05) is 13.8 Å². The smallest absolute Gasteiger partial charge is 0.164 e. The summed E-state index contributed by atoms with van der Waals surface area (Å²) in [6, 6.07) is 0. The van der Waals surface area contributed by atoms with Gasteiger partial charge in [0.15, 0.2) is 12.1 Å². The molecule has 1 aliphatic rings. The standard InChI is InChI=1S/C13H24O4/c1-10(15)7-5-4-6-8-11-12(9-14)17-13(2,3)16-11/h9-12,15H,4-8H2,1-3H3/t10-,11-,12-/m0/s1. The Bertz CT molecular complexity index is 238. The summed E-state index contributed by atoms with van der Waals surface area (Å²) in [4.78, 5) is 10.8. The van der Waals surface area contributed by atoms with Crippen molar-refractivity contribution < 1.29 is 19.4 Å². The maximum atomic E-state index is 10.8. The van der Waals surface area contributed by atoms with Gasteiger partial charge in [0.1, 0.15) is 6.10 Å². The Hall–Kier alpha value is -0.450. The molecule has 1 rings (SSSR count). The Morgan fingerprint density at radius 2 is 2.00 bits per heavy atom. The van der Waals surface area contributed by atoms with Crippen LogP contribution in [0.2, 0.25) is 0 Å². The van der Waals surface area contributed by atoms with Crippen LogP contribution in [0.5, 0.6) is 0 Å². The van der Waals surface area contributed by atoms with Crippen LogP contribution >= 0.6 is 0 Å². The zero-order chi connectivity index (χ0) is 12.9. The highest BCUT2D eigenvalue weighted by Crippen LogP contribution is 2.30. The summed E-state index contributed by atoms with van der Waals surface area (Å²) in [6.45, 7) is 5.47. The van der Waals surface area contributed by atoms with Crippen molar-refractivity contribution in [3.05, 3.63) is 0 Å². The number of hydrogen-bond donors (Lipinski definition) is 1. The van der Waals surface area contributed by atoms with E-state index in [-0.39, 0.29) is 12.2 Å². The Kier molecular flexibility index (Phi) is 5.56. The molecule has 1 N–H and O–H groups in total. The van der Waals surface area contributed by atoms with Gasteiger partial charge in [-0.1, -0.05) is 19.3 Å². The van der Waals surface area contributed by atoms with Gasteiger partial charge in [-0.05, 0) is 33.6 Å². The van der Waals surface area contributed by atoms with E-state index in [9.17, 15) is 4.79 Å². The fourth-order valence-electron chi connectivity index (χ4n) is 2.16. The number of hydrogen-bond acceptors (Lipinski definition) is 4. The summed E-state index contributed by atoms with van der Waals surface area (Å²) in [6.07, 6.45) is 4.81. The minimum absolute atomic E-state index is 0.117. The second-order valence-corrected chi connectivity index (χ2v) is 5.26. The topological polar surface area (TPSA) is 55.8 Å². The molecule has 1 fully saturated rings. The van der Waals surface area contributed by atoms with Gasteiger partial charge < -0.3 is 19.4 Å². The van der Waals surface area contributed by atoms with Crippen LogP contribution in [-0.2, 0) is 14.3 Å². The third-order valence-electron chi connectivity index (χ3n) is 2.97. The SMILES string of the molecule is C[C@H](O)CCCCC[C@@H]1OC(C)(C)O[C@H]1C=O. The van der Waals surface area contributed by atoms with E-state index in [1.165, 1.54) is 0 Å². The average molecular weight is 244 g/mol. The normalized spacial score (nSPS) is 29.2. The predicted octanol–water partition coefficient (Wildman–Crippen LogP) is 2.04. The third-order valence-corrected chi connectivity index (χ3v) is 2.97. The zero-order valence-electron chi connectivity index (χ0n) is 11.0. The predicted molar refractivity (Wildman–Crippen MR) is 64.7 cm³/mol. The number of aliphatic hydroxyl groups is 1. The molecule has 1 saturated heterocycles.